The molecule has 0 saturated heterocycles. The van der Waals surface area contributed by atoms with Gasteiger partial charge in [-0.2, -0.15) is 0 Å². The number of carbonyl (C=O) groups is 1. The number of benzene rings is 2. The number of urea groups is 1. The van der Waals surface area contributed by atoms with E-state index in [1.165, 1.54) is 10.5 Å². The molecule has 2 amide bonds. The molecule has 0 aliphatic carbocycles. The number of hydrogen-bond donors (Lipinski definition) is 2. The molecular formula is C24H22N4O3S. The van der Waals surface area contributed by atoms with E-state index in [4.69, 9.17) is 4.74 Å². The molecule has 2 heterocycles. The molecule has 0 spiro atoms. The molecule has 2 aromatic carbocycles. The van der Waals surface area contributed by atoms with Gasteiger partial charge in [0.2, 0.25) is 0 Å². The van der Waals surface area contributed by atoms with Crippen LogP contribution >= 0.6 is 11.8 Å². The largest absolute Gasteiger partial charge is 0.485 e. The van der Waals surface area contributed by atoms with Gasteiger partial charge in [-0.25, -0.2) is 9.78 Å². The number of ether oxygens (including phenoxy) is 1. The number of nitrogens with zero attached hydrogens (tertiary/aromatic N) is 2. The first kappa shape index (κ1) is 21.5. The van der Waals surface area contributed by atoms with Gasteiger partial charge in [0.15, 0.2) is 0 Å². The molecule has 7 nitrogen and oxygen atoms in total. The number of para-hydroxylation sites is 2. The molecule has 2 aromatic heterocycles. The van der Waals surface area contributed by atoms with Gasteiger partial charge >= 0.3 is 6.03 Å². The second-order valence-corrected chi connectivity index (χ2v) is 7.95. The summed E-state index contributed by atoms with van der Waals surface area (Å²) in [5.41, 5.74) is 3.05. The average molecular weight is 447 g/mol. The van der Waals surface area contributed by atoms with Gasteiger partial charge in [0.25, 0.3) is 5.56 Å². The molecule has 0 bridgehead atoms. The molecule has 162 valence electrons. The summed E-state index contributed by atoms with van der Waals surface area (Å²) in [5.74, 6) is 0.479. The lowest BCUT2D eigenvalue weighted by molar-refractivity contribution is 0.261. The SMILES string of the molecule is CSc1cccc(NC(=O)Nc2ccccc2OCc2cc(=O)n3cccc(C)c3n2)c1. The Balaban J connectivity index is 1.48. The number of nitrogens with one attached hydrogen (secondary N) is 2. The van der Waals surface area contributed by atoms with Crippen LogP contribution in [0, 0.1) is 6.92 Å². The lowest BCUT2D eigenvalue weighted by Crippen LogP contribution is -2.20. The number of hydrogen-bond acceptors (Lipinski definition) is 5. The van der Waals surface area contributed by atoms with Crippen molar-refractivity contribution in [2.24, 2.45) is 0 Å². The summed E-state index contributed by atoms with van der Waals surface area (Å²) >= 11 is 1.60. The first-order valence-electron chi connectivity index (χ1n) is 9.95. The monoisotopic (exact) mass is 446 g/mol. The molecule has 4 aromatic rings. The molecule has 0 fully saturated rings. The quantitative estimate of drug-likeness (QED) is 0.410. The lowest BCUT2D eigenvalue weighted by atomic mass is 10.3. The zero-order valence-corrected chi connectivity index (χ0v) is 18.5. The van der Waals surface area contributed by atoms with Crippen LogP contribution in [0.3, 0.4) is 0 Å². The van der Waals surface area contributed by atoms with E-state index >= 15 is 0 Å². The molecule has 32 heavy (non-hydrogen) atoms. The number of rotatable bonds is 6. The molecule has 0 unspecified atom stereocenters. The van der Waals surface area contributed by atoms with Crippen LogP contribution in [0.5, 0.6) is 5.75 Å². The van der Waals surface area contributed by atoms with Crippen LogP contribution in [0.15, 0.2) is 82.6 Å². The standard InChI is InChI=1S/C24H22N4O3S/c1-16-7-6-12-28-22(29)14-18(25-23(16)28)15-31-21-11-4-3-10-20(21)27-24(30)26-17-8-5-9-19(13-17)32-2/h3-14H,15H2,1-2H3,(H2,26,27,30). The Morgan fingerprint density at radius 2 is 1.91 bits per heavy atom. The predicted octanol–water partition coefficient (Wildman–Crippen LogP) is 4.95. The van der Waals surface area contributed by atoms with Crippen LogP contribution < -0.4 is 20.9 Å². The summed E-state index contributed by atoms with van der Waals surface area (Å²) in [6.07, 6.45) is 3.67. The summed E-state index contributed by atoms with van der Waals surface area (Å²) in [6.45, 7) is 2.00. The minimum absolute atomic E-state index is 0.0934. The number of anilines is 2. The molecule has 8 heteroatoms. The Kier molecular flexibility index (Phi) is 6.42. The molecular weight excluding hydrogens is 424 g/mol. The number of fused-ring (bicyclic) bond motifs is 1. The number of aromatic nitrogens is 2. The van der Waals surface area contributed by atoms with Crippen molar-refractivity contribution in [3.63, 3.8) is 0 Å². The highest BCUT2D eigenvalue weighted by molar-refractivity contribution is 7.98. The van der Waals surface area contributed by atoms with Gasteiger partial charge in [-0.1, -0.05) is 24.3 Å². The van der Waals surface area contributed by atoms with E-state index in [1.54, 1.807) is 36.2 Å². The second-order valence-electron chi connectivity index (χ2n) is 7.07. The average Bonchev–Trinajstić information content (AvgIpc) is 2.79. The Bertz CT molecular complexity index is 1340. The van der Waals surface area contributed by atoms with Crippen molar-refractivity contribution < 1.29 is 9.53 Å². The maximum absolute atomic E-state index is 12.5. The highest BCUT2D eigenvalue weighted by atomic mass is 32.2. The minimum atomic E-state index is -0.378. The van der Waals surface area contributed by atoms with Crippen molar-refractivity contribution in [1.29, 1.82) is 0 Å². The summed E-state index contributed by atoms with van der Waals surface area (Å²) < 4.78 is 7.40. The van der Waals surface area contributed by atoms with Gasteiger partial charge in [0.05, 0.1) is 11.4 Å². The van der Waals surface area contributed by atoms with E-state index in [2.05, 4.69) is 15.6 Å². The molecule has 0 atom stereocenters. The maximum atomic E-state index is 12.5. The van der Waals surface area contributed by atoms with Gasteiger partial charge in [-0.05, 0) is 55.1 Å². The highest BCUT2D eigenvalue weighted by Gasteiger charge is 2.10. The number of carbonyl (C=O) groups excluding carboxylic acids is 1. The fourth-order valence-electron chi connectivity index (χ4n) is 3.22. The van der Waals surface area contributed by atoms with Gasteiger partial charge < -0.3 is 15.4 Å². The van der Waals surface area contributed by atoms with E-state index in [0.717, 1.165) is 10.5 Å². The Morgan fingerprint density at radius 1 is 1.06 bits per heavy atom. The second kappa shape index (κ2) is 9.57. The van der Waals surface area contributed by atoms with Crippen LogP contribution in [0.1, 0.15) is 11.3 Å². The topological polar surface area (TPSA) is 84.7 Å². The Hall–Kier alpha value is -3.78. The fourth-order valence-corrected chi connectivity index (χ4v) is 3.68. The van der Waals surface area contributed by atoms with Crippen molar-refractivity contribution >= 4 is 34.8 Å². The molecule has 0 saturated carbocycles. The maximum Gasteiger partial charge on any atom is 0.323 e. The van der Waals surface area contributed by atoms with Crippen LogP contribution in [0.4, 0.5) is 16.2 Å². The normalized spacial score (nSPS) is 10.7. The Labute approximate surface area is 189 Å². The summed E-state index contributed by atoms with van der Waals surface area (Å²) in [5, 5.41) is 5.64. The van der Waals surface area contributed by atoms with E-state index in [1.807, 2.05) is 55.6 Å². The van der Waals surface area contributed by atoms with Crippen LogP contribution in [0.25, 0.3) is 5.65 Å². The van der Waals surface area contributed by atoms with E-state index in [-0.39, 0.29) is 18.2 Å². The Morgan fingerprint density at radius 3 is 2.75 bits per heavy atom. The van der Waals surface area contributed by atoms with Gasteiger partial charge in [-0.15, -0.1) is 11.8 Å². The number of thioether (sulfide) groups is 1. The number of amides is 2. The summed E-state index contributed by atoms with van der Waals surface area (Å²) in [7, 11) is 0. The first-order chi connectivity index (χ1) is 15.5. The molecule has 0 radical (unpaired) electrons. The van der Waals surface area contributed by atoms with Crippen molar-refractivity contribution in [2.45, 2.75) is 18.4 Å². The molecule has 2 N–H and O–H groups in total. The molecule has 0 aliphatic rings. The van der Waals surface area contributed by atoms with Crippen molar-refractivity contribution in [2.75, 3.05) is 16.9 Å². The van der Waals surface area contributed by atoms with E-state index < -0.39 is 0 Å². The van der Waals surface area contributed by atoms with E-state index in [9.17, 15) is 9.59 Å². The van der Waals surface area contributed by atoms with E-state index in [0.29, 0.717) is 28.5 Å². The van der Waals surface area contributed by atoms with Gasteiger partial charge in [0.1, 0.15) is 18.0 Å². The number of aryl methyl sites for hydroxylation is 1. The van der Waals surface area contributed by atoms with Crippen LogP contribution in [-0.2, 0) is 6.61 Å². The van der Waals surface area contributed by atoms with Crippen molar-refractivity contribution in [3.8, 4) is 5.75 Å². The highest BCUT2D eigenvalue weighted by Crippen LogP contribution is 2.25. The van der Waals surface area contributed by atoms with Crippen LogP contribution in [-0.4, -0.2) is 21.7 Å². The summed E-state index contributed by atoms with van der Waals surface area (Å²) in [4.78, 5) is 30.5. The van der Waals surface area contributed by atoms with Gasteiger partial charge in [0, 0.05) is 22.8 Å². The third-order valence-corrected chi connectivity index (χ3v) is 5.50. The fraction of sp³-hybridized carbons (Fsp3) is 0.125. The van der Waals surface area contributed by atoms with Crippen LogP contribution in [0.2, 0.25) is 0 Å². The zero-order valence-electron chi connectivity index (χ0n) is 17.7. The third kappa shape index (κ3) is 4.92. The minimum Gasteiger partial charge on any atom is -0.485 e. The van der Waals surface area contributed by atoms with Crippen molar-refractivity contribution in [3.05, 3.63) is 94.5 Å². The molecule has 4 rings (SSSR count). The predicted molar refractivity (Wildman–Crippen MR) is 128 cm³/mol. The third-order valence-electron chi connectivity index (χ3n) is 4.78. The zero-order chi connectivity index (χ0) is 22.5. The lowest BCUT2D eigenvalue weighted by Gasteiger charge is -2.13. The number of pyridine rings is 1. The molecule has 0 aliphatic heterocycles. The van der Waals surface area contributed by atoms with Crippen molar-refractivity contribution in [1.82, 2.24) is 9.38 Å². The van der Waals surface area contributed by atoms with Gasteiger partial charge in [-0.3, -0.25) is 9.20 Å². The smallest absolute Gasteiger partial charge is 0.323 e. The summed E-state index contributed by atoms with van der Waals surface area (Å²) in [6, 6.07) is 19.5. The first-order valence-corrected chi connectivity index (χ1v) is 11.2.